The number of anilines is 1. The molecule has 0 bridgehead atoms. The zero-order valence-electron chi connectivity index (χ0n) is 8.64. The van der Waals surface area contributed by atoms with Crippen molar-refractivity contribution in [2.45, 2.75) is 25.1 Å². The van der Waals surface area contributed by atoms with E-state index in [0.717, 1.165) is 37.1 Å². The molecule has 1 atom stereocenters. The molecule has 0 spiro atoms. The number of nitrogens with one attached hydrogen (secondary N) is 1. The summed E-state index contributed by atoms with van der Waals surface area (Å²) in [4.78, 5) is 0. The second-order valence-corrected chi connectivity index (χ2v) is 3.99. The highest BCUT2D eigenvalue weighted by molar-refractivity contribution is 5.51. The smallest absolute Gasteiger partial charge is 0.398 e. The summed E-state index contributed by atoms with van der Waals surface area (Å²) >= 11 is 0. The van der Waals surface area contributed by atoms with Crippen LogP contribution in [0.1, 0.15) is 30.0 Å². The van der Waals surface area contributed by atoms with Gasteiger partial charge in [0.2, 0.25) is 0 Å². The first kappa shape index (κ1) is 11.3. The third-order valence-electron chi connectivity index (χ3n) is 2.85. The minimum absolute atomic E-state index is 0.0993. The topological polar surface area (TPSA) is 38.0 Å². The number of nitrogen functional groups attached to an aromatic ring is 1. The lowest BCUT2D eigenvalue weighted by Gasteiger charge is -2.15. The van der Waals surface area contributed by atoms with Crippen molar-refractivity contribution in [3.8, 4) is 0 Å². The van der Waals surface area contributed by atoms with Gasteiger partial charge in [-0.05, 0) is 37.1 Å². The Bertz CT molecular complexity index is 381. The first-order valence-corrected chi connectivity index (χ1v) is 5.18. The van der Waals surface area contributed by atoms with Crippen LogP contribution in [0.2, 0.25) is 0 Å². The number of halogens is 3. The van der Waals surface area contributed by atoms with Gasteiger partial charge in [-0.25, -0.2) is 0 Å². The maximum absolute atomic E-state index is 12.4. The molecular formula is C11H13F3N2. The molecule has 1 aromatic carbocycles. The van der Waals surface area contributed by atoms with Gasteiger partial charge in [0, 0.05) is 11.7 Å². The van der Waals surface area contributed by atoms with E-state index in [1.165, 1.54) is 6.07 Å². The molecule has 0 amide bonds. The third kappa shape index (κ3) is 2.14. The number of nitrogens with two attached hydrogens (primary N) is 1. The second kappa shape index (κ2) is 3.97. The maximum Gasteiger partial charge on any atom is 0.416 e. The Morgan fingerprint density at radius 3 is 2.56 bits per heavy atom. The standard InChI is InChI=1S/C11H13F3N2/c12-11(13,14)7-3-4-8(9(15)6-7)10-2-1-5-16-10/h3-4,6,10,16H,1-2,5,15H2/t10-/m0/s1. The van der Waals surface area contributed by atoms with E-state index in [-0.39, 0.29) is 11.7 Å². The van der Waals surface area contributed by atoms with Gasteiger partial charge in [0.05, 0.1) is 5.56 Å². The van der Waals surface area contributed by atoms with Crippen molar-refractivity contribution in [2.24, 2.45) is 0 Å². The average Bonchev–Trinajstić information content (AvgIpc) is 2.69. The molecule has 1 fully saturated rings. The molecule has 3 N–H and O–H groups in total. The van der Waals surface area contributed by atoms with Gasteiger partial charge in [-0.15, -0.1) is 0 Å². The Morgan fingerprint density at radius 1 is 1.31 bits per heavy atom. The van der Waals surface area contributed by atoms with Crippen LogP contribution in [0, 0.1) is 0 Å². The van der Waals surface area contributed by atoms with E-state index in [4.69, 9.17) is 5.73 Å². The fourth-order valence-electron chi connectivity index (χ4n) is 2.02. The molecule has 0 unspecified atom stereocenters. The molecule has 2 nitrogen and oxygen atoms in total. The first-order chi connectivity index (χ1) is 7.48. The molecular weight excluding hydrogens is 217 g/mol. The summed E-state index contributed by atoms with van der Waals surface area (Å²) in [5.74, 6) is 0. The number of hydrogen-bond donors (Lipinski definition) is 2. The van der Waals surface area contributed by atoms with E-state index in [2.05, 4.69) is 5.32 Å². The molecule has 0 aromatic heterocycles. The van der Waals surface area contributed by atoms with Crippen LogP contribution in [0.4, 0.5) is 18.9 Å². The van der Waals surface area contributed by atoms with E-state index < -0.39 is 11.7 Å². The number of hydrogen-bond acceptors (Lipinski definition) is 2. The monoisotopic (exact) mass is 230 g/mol. The molecule has 1 heterocycles. The fourth-order valence-corrected chi connectivity index (χ4v) is 2.02. The summed E-state index contributed by atoms with van der Waals surface area (Å²) in [5, 5.41) is 3.21. The number of rotatable bonds is 1. The van der Waals surface area contributed by atoms with Gasteiger partial charge in [-0.3, -0.25) is 0 Å². The van der Waals surface area contributed by atoms with Crippen LogP contribution >= 0.6 is 0 Å². The molecule has 0 saturated carbocycles. The van der Waals surface area contributed by atoms with Crippen LogP contribution in [-0.4, -0.2) is 6.54 Å². The number of alkyl halides is 3. The Hall–Kier alpha value is -1.23. The largest absolute Gasteiger partial charge is 0.416 e. The first-order valence-electron chi connectivity index (χ1n) is 5.18. The molecule has 5 heteroatoms. The Labute approximate surface area is 91.6 Å². The van der Waals surface area contributed by atoms with Crippen LogP contribution in [0.15, 0.2) is 18.2 Å². The molecule has 0 radical (unpaired) electrons. The summed E-state index contributed by atoms with van der Waals surface area (Å²) in [5.41, 5.74) is 5.96. The van der Waals surface area contributed by atoms with Crippen LogP contribution in [-0.2, 0) is 6.18 Å². The van der Waals surface area contributed by atoms with E-state index in [9.17, 15) is 13.2 Å². The van der Waals surface area contributed by atoms with E-state index in [0.29, 0.717) is 0 Å². The molecule has 16 heavy (non-hydrogen) atoms. The highest BCUT2D eigenvalue weighted by Crippen LogP contribution is 2.34. The van der Waals surface area contributed by atoms with Crippen molar-refractivity contribution >= 4 is 5.69 Å². The number of benzene rings is 1. The normalized spacial score (nSPS) is 21.3. The van der Waals surface area contributed by atoms with Crippen LogP contribution in [0.3, 0.4) is 0 Å². The molecule has 1 aliphatic heterocycles. The molecule has 2 rings (SSSR count). The van der Waals surface area contributed by atoms with Crippen molar-refractivity contribution < 1.29 is 13.2 Å². The Kier molecular flexibility index (Phi) is 2.80. The summed E-state index contributed by atoms with van der Waals surface area (Å²) in [6, 6.07) is 3.67. The van der Waals surface area contributed by atoms with Gasteiger partial charge in [-0.2, -0.15) is 13.2 Å². The summed E-state index contributed by atoms with van der Waals surface area (Å²) in [6.45, 7) is 0.894. The molecule has 1 aliphatic rings. The minimum atomic E-state index is -4.32. The van der Waals surface area contributed by atoms with Crippen molar-refractivity contribution in [3.63, 3.8) is 0 Å². The van der Waals surface area contributed by atoms with Crippen LogP contribution < -0.4 is 11.1 Å². The zero-order valence-corrected chi connectivity index (χ0v) is 8.64. The molecule has 0 aliphatic carbocycles. The van der Waals surface area contributed by atoms with Crippen LogP contribution in [0.25, 0.3) is 0 Å². The highest BCUT2D eigenvalue weighted by Gasteiger charge is 2.31. The van der Waals surface area contributed by atoms with Gasteiger partial charge in [0.15, 0.2) is 0 Å². The van der Waals surface area contributed by atoms with Gasteiger partial charge < -0.3 is 11.1 Å². The zero-order chi connectivity index (χ0) is 11.8. The van der Waals surface area contributed by atoms with Crippen molar-refractivity contribution in [1.82, 2.24) is 5.32 Å². The predicted octanol–water partition coefficient (Wildman–Crippen LogP) is 2.71. The second-order valence-electron chi connectivity index (χ2n) is 3.99. The van der Waals surface area contributed by atoms with Crippen molar-refractivity contribution in [3.05, 3.63) is 29.3 Å². The SMILES string of the molecule is Nc1cc(C(F)(F)F)ccc1[C@@H]1CCCN1. The quantitative estimate of drug-likeness (QED) is 0.728. The van der Waals surface area contributed by atoms with E-state index in [1.807, 2.05) is 0 Å². The Balaban J connectivity index is 2.29. The minimum Gasteiger partial charge on any atom is -0.398 e. The highest BCUT2D eigenvalue weighted by atomic mass is 19.4. The summed E-state index contributed by atoms with van der Waals surface area (Å²) < 4.78 is 37.2. The summed E-state index contributed by atoms with van der Waals surface area (Å²) in [6.07, 6.45) is -2.36. The molecule has 1 saturated heterocycles. The van der Waals surface area contributed by atoms with Crippen molar-refractivity contribution in [2.75, 3.05) is 12.3 Å². The molecule has 1 aromatic rings. The lowest BCUT2D eigenvalue weighted by molar-refractivity contribution is -0.137. The third-order valence-corrected chi connectivity index (χ3v) is 2.85. The fraction of sp³-hybridized carbons (Fsp3) is 0.455. The summed E-state index contributed by atoms with van der Waals surface area (Å²) in [7, 11) is 0. The van der Waals surface area contributed by atoms with Gasteiger partial charge >= 0.3 is 6.18 Å². The average molecular weight is 230 g/mol. The maximum atomic E-state index is 12.4. The lowest BCUT2D eigenvalue weighted by atomic mass is 10.0. The predicted molar refractivity (Wildman–Crippen MR) is 55.8 cm³/mol. The molecule has 88 valence electrons. The van der Waals surface area contributed by atoms with E-state index in [1.54, 1.807) is 0 Å². The van der Waals surface area contributed by atoms with E-state index >= 15 is 0 Å². The van der Waals surface area contributed by atoms with Gasteiger partial charge in [0.25, 0.3) is 0 Å². The Morgan fingerprint density at radius 2 is 2.06 bits per heavy atom. The van der Waals surface area contributed by atoms with Gasteiger partial charge in [0.1, 0.15) is 0 Å². The van der Waals surface area contributed by atoms with Crippen molar-refractivity contribution in [1.29, 1.82) is 0 Å². The lowest BCUT2D eigenvalue weighted by Crippen LogP contribution is -2.15. The van der Waals surface area contributed by atoms with Crippen LogP contribution in [0.5, 0.6) is 0 Å². The van der Waals surface area contributed by atoms with Gasteiger partial charge in [-0.1, -0.05) is 6.07 Å².